The summed E-state index contributed by atoms with van der Waals surface area (Å²) in [6.45, 7) is 6.18. The van der Waals surface area contributed by atoms with Crippen LogP contribution in [0.15, 0.2) is 41.8 Å². The molecule has 2 aliphatic heterocycles. The van der Waals surface area contributed by atoms with Crippen LogP contribution in [0.2, 0.25) is 0 Å². The van der Waals surface area contributed by atoms with Crippen molar-refractivity contribution >= 4 is 22.9 Å². The molecule has 7 heteroatoms. The molecule has 0 aliphatic carbocycles. The number of benzene rings is 1. The Morgan fingerprint density at radius 2 is 2.00 bits per heavy atom. The predicted molar refractivity (Wildman–Crippen MR) is 120 cm³/mol. The maximum atomic E-state index is 13.0. The molecular weight excluding hydrogens is 398 g/mol. The van der Waals surface area contributed by atoms with E-state index in [1.807, 2.05) is 17.0 Å². The van der Waals surface area contributed by atoms with Crippen LogP contribution in [0.4, 0.5) is 5.69 Å². The molecule has 0 bridgehead atoms. The number of nitrogens with zero attached hydrogens (tertiary/aromatic N) is 3. The lowest BCUT2D eigenvalue weighted by atomic mass is 10.2. The molecule has 0 N–H and O–H groups in total. The number of hydrogen-bond acceptors (Lipinski definition) is 6. The van der Waals surface area contributed by atoms with Crippen LogP contribution in [0, 0.1) is 0 Å². The van der Waals surface area contributed by atoms with Crippen LogP contribution in [0.3, 0.4) is 0 Å². The number of amides is 1. The van der Waals surface area contributed by atoms with Crippen LogP contribution in [0.25, 0.3) is 0 Å². The van der Waals surface area contributed by atoms with Crippen molar-refractivity contribution in [3.05, 3.63) is 46.7 Å². The number of carbonyl (C=O) groups excluding carboxylic acids is 1. The Morgan fingerprint density at radius 3 is 2.63 bits per heavy atom. The molecule has 1 atom stereocenters. The van der Waals surface area contributed by atoms with Crippen molar-refractivity contribution < 1.29 is 14.3 Å². The number of thiophene rings is 1. The number of rotatable bonds is 8. The largest absolute Gasteiger partial charge is 0.497 e. The van der Waals surface area contributed by atoms with Gasteiger partial charge in [-0.2, -0.15) is 0 Å². The first kappa shape index (κ1) is 21.2. The quantitative estimate of drug-likeness (QED) is 0.645. The molecule has 0 unspecified atom stereocenters. The Kier molecular flexibility index (Phi) is 7.25. The van der Waals surface area contributed by atoms with Gasteiger partial charge in [0.2, 0.25) is 5.91 Å². The zero-order valence-electron chi connectivity index (χ0n) is 17.7. The lowest BCUT2D eigenvalue weighted by Crippen LogP contribution is -2.51. The molecule has 2 saturated heterocycles. The number of hydrogen-bond donors (Lipinski definition) is 0. The average Bonchev–Trinajstić information content (AvgIpc) is 3.48. The number of carbonyl (C=O) groups is 1. The summed E-state index contributed by atoms with van der Waals surface area (Å²) >= 11 is 1.75. The van der Waals surface area contributed by atoms with Crippen molar-refractivity contribution in [2.45, 2.75) is 25.5 Å². The van der Waals surface area contributed by atoms with Crippen molar-refractivity contribution in [2.24, 2.45) is 0 Å². The monoisotopic (exact) mass is 429 g/mol. The molecule has 3 heterocycles. The minimum absolute atomic E-state index is 0.221. The highest BCUT2D eigenvalue weighted by atomic mass is 32.1. The van der Waals surface area contributed by atoms with E-state index in [2.05, 4.69) is 39.4 Å². The van der Waals surface area contributed by atoms with Gasteiger partial charge in [-0.15, -0.1) is 11.3 Å². The second-order valence-electron chi connectivity index (χ2n) is 7.95. The van der Waals surface area contributed by atoms with Crippen molar-refractivity contribution in [3.8, 4) is 5.75 Å². The van der Waals surface area contributed by atoms with Crippen LogP contribution in [0.1, 0.15) is 17.7 Å². The molecule has 2 aliphatic rings. The van der Waals surface area contributed by atoms with E-state index in [9.17, 15) is 4.79 Å². The average molecular weight is 430 g/mol. The van der Waals surface area contributed by atoms with Crippen LogP contribution in [0.5, 0.6) is 5.75 Å². The van der Waals surface area contributed by atoms with Crippen LogP contribution in [-0.4, -0.2) is 74.8 Å². The van der Waals surface area contributed by atoms with Crippen molar-refractivity contribution in [1.29, 1.82) is 0 Å². The standard InChI is InChI=1S/C23H31N3O3S/c1-28-20-8-6-19(7-9-20)25-10-12-26(13-11-25)23(27)18-24(16-21-4-2-14-29-21)17-22-5-3-15-30-22/h3,5-9,15,21H,2,4,10-14,16-18H2,1H3/t21-/m1/s1. The number of piperazine rings is 1. The van der Waals surface area contributed by atoms with Gasteiger partial charge in [-0.3, -0.25) is 9.69 Å². The van der Waals surface area contributed by atoms with Gasteiger partial charge in [0.25, 0.3) is 0 Å². The van der Waals surface area contributed by atoms with Crippen LogP contribution in [-0.2, 0) is 16.1 Å². The smallest absolute Gasteiger partial charge is 0.236 e. The fourth-order valence-corrected chi connectivity index (χ4v) is 4.93. The van der Waals surface area contributed by atoms with Gasteiger partial charge in [-0.05, 0) is 48.6 Å². The minimum Gasteiger partial charge on any atom is -0.497 e. The van der Waals surface area contributed by atoms with Gasteiger partial charge in [0, 0.05) is 56.4 Å². The molecule has 1 aromatic heterocycles. The van der Waals surface area contributed by atoms with Gasteiger partial charge >= 0.3 is 0 Å². The third-order valence-corrected chi connectivity index (χ3v) is 6.74. The van der Waals surface area contributed by atoms with E-state index < -0.39 is 0 Å². The second kappa shape index (κ2) is 10.3. The summed E-state index contributed by atoms with van der Waals surface area (Å²) < 4.78 is 11.1. The highest BCUT2D eigenvalue weighted by Gasteiger charge is 2.25. The Labute approximate surface area is 183 Å². The Morgan fingerprint density at radius 1 is 1.20 bits per heavy atom. The first-order chi connectivity index (χ1) is 14.7. The minimum atomic E-state index is 0.221. The molecule has 2 aromatic rings. The van der Waals surface area contributed by atoms with Gasteiger partial charge in [0.1, 0.15) is 5.75 Å². The third kappa shape index (κ3) is 5.53. The number of anilines is 1. The molecular formula is C23H31N3O3S. The van der Waals surface area contributed by atoms with E-state index in [0.29, 0.717) is 6.54 Å². The lowest BCUT2D eigenvalue weighted by Gasteiger charge is -2.37. The molecule has 162 valence electrons. The van der Waals surface area contributed by atoms with Crippen LogP contribution >= 0.6 is 11.3 Å². The zero-order valence-corrected chi connectivity index (χ0v) is 18.5. The molecule has 1 aromatic carbocycles. The third-order valence-electron chi connectivity index (χ3n) is 5.87. The summed E-state index contributed by atoms with van der Waals surface area (Å²) in [5.41, 5.74) is 1.18. The molecule has 4 rings (SSSR count). The first-order valence-corrected chi connectivity index (χ1v) is 11.6. The topological polar surface area (TPSA) is 45.2 Å². The SMILES string of the molecule is COc1ccc(N2CCN(C(=O)CN(Cc3cccs3)C[C@H]3CCCO3)CC2)cc1. The van der Waals surface area contributed by atoms with Gasteiger partial charge < -0.3 is 19.3 Å². The molecule has 0 saturated carbocycles. The van der Waals surface area contributed by atoms with Gasteiger partial charge in [0.05, 0.1) is 19.8 Å². The Balaban J connectivity index is 1.31. The molecule has 1 amide bonds. The summed E-state index contributed by atoms with van der Waals surface area (Å²) in [5.74, 6) is 1.09. The van der Waals surface area contributed by atoms with E-state index in [1.165, 1.54) is 10.6 Å². The number of methoxy groups -OCH3 is 1. The van der Waals surface area contributed by atoms with Gasteiger partial charge in [-0.25, -0.2) is 0 Å². The Bertz CT molecular complexity index is 783. The summed E-state index contributed by atoms with van der Waals surface area (Å²) in [6, 6.07) is 12.4. The van der Waals surface area contributed by atoms with E-state index in [1.54, 1.807) is 18.4 Å². The maximum absolute atomic E-state index is 13.0. The fourth-order valence-electron chi connectivity index (χ4n) is 4.18. The zero-order chi connectivity index (χ0) is 20.8. The van der Waals surface area contributed by atoms with Crippen LogP contribution < -0.4 is 9.64 Å². The first-order valence-electron chi connectivity index (χ1n) is 10.7. The normalized spacial score (nSPS) is 19.5. The van der Waals surface area contributed by atoms with E-state index in [4.69, 9.17) is 9.47 Å². The van der Waals surface area contributed by atoms with E-state index in [0.717, 1.165) is 64.5 Å². The van der Waals surface area contributed by atoms with Gasteiger partial charge in [0.15, 0.2) is 0 Å². The lowest BCUT2D eigenvalue weighted by molar-refractivity contribution is -0.133. The second-order valence-corrected chi connectivity index (χ2v) is 8.98. The van der Waals surface area contributed by atoms with E-state index in [-0.39, 0.29) is 12.0 Å². The highest BCUT2D eigenvalue weighted by molar-refractivity contribution is 7.09. The summed E-state index contributed by atoms with van der Waals surface area (Å²) in [6.07, 6.45) is 2.47. The van der Waals surface area contributed by atoms with Crippen molar-refractivity contribution in [2.75, 3.05) is 57.9 Å². The van der Waals surface area contributed by atoms with Gasteiger partial charge in [-0.1, -0.05) is 6.07 Å². The predicted octanol–water partition coefficient (Wildman–Crippen LogP) is 3.09. The van der Waals surface area contributed by atoms with Crippen molar-refractivity contribution in [3.63, 3.8) is 0 Å². The van der Waals surface area contributed by atoms with Crippen molar-refractivity contribution in [1.82, 2.24) is 9.80 Å². The molecule has 0 radical (unpaired) electrons. The van der Waals surface area contributed by atoms with E-state index >= 15 is 0 Å². The molecule has 0 spiro atoms. The summed E-state index contributed by atoms with van der Waals surface area (Å²) in [7, 11) is 1.68. The number of ether oxygens (including phenoxy) is 2. The molecule has 2 fully saturated rings. The summed E-state index contributed by atoms with van der Waals surface area (Å²) in [4.78, 5) is 21.0. The fraction of sp³-hybridized carbons (Fsp3) is 0.522. The highest BCUT2D eigenvalue weighted by Crippen LogP contribution is 2.21. The molecule has 6 nitrogen and oxygen atoms in total. The maximum Gasteiger partial charge on any atom is 0.236 e. The summed E-state index contributed by atoms with van der Waals surface area (Å²) in [5, 5.41) is 2.10. The molecule has 30 heavy (non-hydrogen) atoms. The Hall–Kier alpha value is -2.09.